The highest BCUT2D eigenvalue weighted by atomic mass is 32.1. The zero-order valence-electron chi connectivity index (χ0n) is 21.1. The third kappa shape index (κ3) is 7.08. The molecular formula is C28H32FN3O4S. The molecular weight excluding hydrogens is 493 g/mol. The highest BCUT2D eigenvalue weighted by molar-refractivity contribution is 7.10. The Bertz CT molecular complexity index is 1180. The van der Waals surface area contributed by atoms with Crippen LogP contribution in [0.3, 0.4) is 0 Å². The summed E-state index contributed by atoms with van der Waals surface area (Å²) >= 11 is 1.67. The molecule has 1 N–H and O–H groups in total. The molecule has 3 aromatic rings. The maximum atomic E-state index is 13.6. The number of rotatable bonds is 10. The predicted molar refractivity (Wildman–Crippen MR) is 143 cm³/mol. The van der Waals surface area contributed by atoms with Crippen molar-refractivity contribution in [2.24, 2.45) is 0 Å². The van der Waals surface area contributed by atoms with E-state index in [1.807, 2.05) is 42.6 Å². The number of methoxy groups -OCH3 is 1. The third-order valence-electron chi connectivity index (χ3n) is 6.33. The Balaban J connectivity index is 1.47. The summed E-state index contributed by atoms with van der Waals surface area (Å²) < 4.78 is 24.4. The fourth-order valence-electron chi connectivity index (χ4n) is 4.33. The van der Waals surface area contributed by atoms with E-state index >= 15 is 0 Å². The van der Waals surface area contributed by atoms with E-state index in [9.17, 15) is 14.0 Å². The van der Waals surface area contributed by atoms with Crippen LogP contribution < -0.4 is 10.1 Å². The Morgan fingerprint density at radius 3 is 2.62 bits per heavy atom. The van der Waals surface area contributed by atoms with Crippen molar-refractivity contribution in [1.82, 2.24) is 9.80 Å². The first-order valence-electron chi connectivity index (χ1n) is 12.3. The molecule has 1 aliphatic rings. The van der Waals surface area contributed by atoms with Gasteiger partial charge in [0, 0.05) is 37.4 Å². The molecule has 3 amide bonds. The number of nitrogens with one attached hydrogen (secondary N) is 1. The zero-order chi connectivity index (χ0) is 26.2. The first-order valence-corrected chi connectivity index (χ1v) is 13.2. The molecule has 1 aliphatic heterocycles. The minimum Gasteiger partial charge on any atom is -0.491 e. The molecule has 0 saturated heterocycles. The summed E-state index contributed by atoms with van der Waals surface area (Å²) in [7, 11) is 1.61. The number of aryl methyl sites for hydroxylation is 1. The van der Waals surface area contributed by atoms with Crippen LogP contribution in [0, 0.1) is 12.7 Å². The standard InChI is InChI=1S/C28H32FN3O4S/c1-20-4-8-22(9-5-20)30-28(34)31(14-3-16-35-2)18-27(33)32-15-12-26-24(13-17-37-26)25(32)19-36-23-10-6-21(29)7-11-23/h4-11,13,17,25H,3,12,14-16,18-19H2,1-2H3,(H,30,34)/t25-/m0/s1. The van der Waals surface area contributed by atoms with E-state index in [2.05, 4.69) is 5.32 Å². The van der Waals surface area contributed by atoms with Crippen LogP contribution in [0.5, 0.6) is 5.75 Å². The van der Waals surface area contributed by atoms with E-state index in [-0.39, 0.29) is 36.9 Å². The number of anilines is 1. The number of thiophene rings is 1. The van der Waals surface area contributed by atoms with Gasteiger partial charge in [0.1, 0.15) is 24.7 Å². The van der Waals surface area contributed by atoms with Crippen molar-refractivity contribution in [1.29, 1.82) is 0 Å². The van der Waals surface area contributed by atoms with E-state index in [4.69, 9.17) is 9.47 Å². The second kappa shape index (κ2) is 12.7. The largest absolute Gasteiger partial charge is 0.491 e. The Kier molecular flexibility index (Phi) is 9.14. The van der Waals surface area contributed by atoms with Crippen LogP contribution in [0.4, 0.5) is 14.9 Å². The number of urea groups is 1. The van der Waals surface area contributed by atoms with Crippen molar-refractivity contribution in [2.75, 3.05) is 45.3 Å². The summed E-state index contributed by atoms with van der Waals surface area (Å²) in [4.78, 5) is 31.3. The van der Waals surface area contributed by atoms with Gasteiger partial charge in [0.25, 0.3) is 0 Å². The summed E-state index contributed by atoms with van der Waals surface area (Å²) in [5.74, 6) is 0.0512. The predicted octanol–water partition coefficient (Wildman–Crippen LogP) is 5.27. The molecule has 0 saturated carbocycles. The first kappa shape index (κ1) is 26.6. The van der Waals surface area contributed by atoms with Gasteiger partial charge in [0.15, 0.2) is 0 Å². The first-order chi connectivity index (χ1) is 17.9. The van der Waals surface area contributed by atoms with Crippen LogP contribution in [0.15, 0.2) is 60.0 Å². The molecule has 2 heterocycles. The van der Waals surface area contributed by atoms with Crippen LogP contribution in [0.25, 0.3) is 0 Å². The number of hydrogen-bond donors (Lipinski definition) is 1. The van der Waals surface area contributed by atoms with Gasteiger partial charge in [0.2, 0.25) is 5.91 Å². The van der Waals surface area contributed by atoms with E-state index in [0.717, 1.165) is 17.5 Å². The Morgan fingerprint density at radius 2 is 1.89 bits per heavy atom. The molecule has 0 unspecified atom stereocenters. The molecule has 196 valence electrons. The van der Waals surface area contributed by atoms with Crippen molar-refractivity contribution in [3.8, 4) is 5.75 Å². The van der Waals surface area contributed by atoms with Gasteiger partial charge in [-0.2, -0.15) is 0 Å². The Hall–Kier alpha value is -3.43. The van der Waals surface area contributed by atoms with Gasteiger partial charge in [-0.05, 0) is 73.2 Å². The van der Waals surface area contributed by atoms with Gasteiger partial charge < -0.3 is 24.6 Å². The maximum Gasteiger partial charge on any atom is 0.322 e. The molecule has 0 fully saturated rings. The van der Waals surface area contributed by atoms with Crippen molar-refractivity contribution in [3.63, 3.8) is 0 Å². The van der Waals surface area contributed by atoms with E-state index in [0.29, 0.717) is 37.6 Å². The molecule has 0 bridgehead atoms. The van der Waals surface area contributed by atoms with Gasteiger partial charge in [-0.25, -0.2) is 9.18 Å². The molecule has 7 nitrogen and oxygen atoms in total. The van der Waals surface area contributed by atoms with Crippen molar-refractivity contribution < 1.29 is 23.5 Å². The number of hydrogen-bond acceptors (Lipinski definition) is 5. The van der Waals surface area contributed by atoms with E-state index in [1.54, 1.807) is 35.5 Å². The highest BCUT2D eigenvalue weighted by Crippen LogP contribution is 2.34. The van der Waals surface area contributed by atoms with Crippen LogP contribution in [0.1, 0.15) is 28.5 Å². The van der Waals surface area contributed by atoms with Crippen molar-refractivity contribution >= 4 is 29.0 Å². The molecule has 0 radical (unpaired) electrons. The second-order valence-corrected chi connectivity index (χ2v) is 9.98. The molecule has 9 heteroatoms. The second-order valence-electron chi connectivity index (χ2n) is 8.98. The summed E-state index contributed by atoms with van der Waals surface area (Å²) in [6, 6.07) is 14.8. The van der Waals surface area contributed by atoms with Crippen LogP contribution >= 0.6 is 11.3 Å². The SMILES string of the molecule is COCCCN(CC(=O)N1CCc2sccc2[C@@H]1COc1ccc(F)cc1)C(=O)Nc1ccc(C)cc1. The fourth-order valence-corrected chi connectivity index (χ4v) is 5.25. The van der Waals surface area contributed by atoms with Gasteiger partial charge in [0.05, 0.1) is 6.04 Å². The van der Waals surface area contributed by atoms with Crippen LogP contribution in [-0.2, 0) is 16.0 Å². The summed E-state index contributed by atoms with van der Waals surface area (Å²) in [5.41, 5.74) is 2.82. The average molecular weight is 526 g/mol. The van der Waals surface area contributed by atoms with E-state index < -0.39 is 0 Å². The number of fused-ring (bicyclic) bond motifs is 1. The minimum atomic E-state index is -0.334. The van der Waals surface area contributed by atoms with Crippen molar-refractivity contribution in [2.45, 2.75) is 25.8 Å². The minimum absolute atomic E-state index is 0.0616. The summed E-state index contributed by atoms with van der Waals surface area (Å²) in [6.45, 7) is 3.56. The topological polar surface area (TPSA) is 71.1 Å². The highest BCUT2D eigenvalue weighted by Gasteiger charge is 2.33. The molecule has 1 aromatic heterocycles. The maximum absolute atomic E-state index is 13.6. The summed E-state index contributed by atoms with van der Waals surface area (Å²) in [6.07, 6.45) is 1.36. The van der Waals surface area contributed by atoms with Gasteiger partial charge >= 0.3 is 6.03 Å². The summed E-state index contributed by atoms with van der Waals surface area (Å²) in [5, 5.41) is 4.92. The zero-order valence-corrected chi connectivity index (χ0v) is 21.9. The monoisotopic (exact) mass is 525 g/mol. The third-order valence-corrected chi connectivity index (χ3v) is 7.33. The van der Waals surface area contributed by atoms with Gasteiger partial charge in [-0.15, -0.1) is 11.3 Å². The number of nitrogens with zero attached hydrogens (tertiary/aromatic N) is 2. The van der Waals surface area contributed by atoms with Gasteiger partial charge in [-0.3, -0.25) is 4.79 Å². The van der Waals surface area contributed by atoms with Gasteiger partial charge in [-0.1, -0.05) is 17.7 Å². The lowest BCUT2D eigenvalue weighted by molar-refractivity contribution is -0.135. The average Bonchev–Trinajstić information content (AvgIpc) is 3.38. The van der Waals surface area contributed by atoms with E-state index in [1.165, 1.54) is 21.9 Å². The normalized spacial score (nSPS) is 14.7. The van der Waals surface area contributed by atoms with Crippen LogP contribution in [0.2, 0.25) is 0 Å². The molecule has 37 heavy (non-hydrogen) atoms. The number of benzene rings is 2. The quantitative estimate of drug-likeness (QED) is 0.366. The smallest absolute Gasteiger partial charge is 0.322 e. The number of carbonyl (C=O) groups is 2. The molecule has 4 rings (SSSR count). The molecule has 1 atom stereocenters. The lowest BCUT2D eigenvalue weighted by Gasteiger charge is -2.37. The fraction of sp³-hybridized carbons (Fsp3) is 0.357. The number of amides is 3. The molecule has 2 aromatic carbocycles. The van der Waals surface area contributed by atoms with Crippen LogP contribution in [-0.4, -0.2) is 61.7 Å². The lowest BCUT2D eigenvalue weighted by Crippen LogP contribution is -2.49. The number of carbonyl (C=O) groups excluding carboxylic acids is 2. The Labute approximate surface area is 220 Å². The van der Waals surface area contributed by atoms with Crippen molar-refractivity contribution in [3.05, 3.63) is 81.8 Å². The number of ether oxygens (including phenoxy) is 2. The molecule has 0 aliphatic carbocycles. The lowest BCUT2D eigenvalue weighted by atomic mass is 10.0. The number of halogens is 1. The Morgan fingerprint density at radius 1 is 1.14 bits per heavy atom. The molecule has 0 spiro atoms.